The molecule has 0 atom stereocenters. The first-order valence-corrected chi connectivity index (χ1v) is 6.38. The smallest absolute Gasteiger partial charge is 0.423 e. The average Bonchev–Trinajstić information content (AvgIpc) is 2.30. The molecule has 0 amide bonds. The van der Waals surface area contributed by atoms with Gasteiger partial charge in [-0.15, -0.1) is 0 Å². The molecule has 0 spiro atoms. The summed E-state index contributed by atoms with van der Waals surface area (Å²) in [5.74, 6) is -0.464. The molecule has 1 aliphatic heterocycles. The van der Waals surface area contributed by atoms with Crippen LogP contribution in [0.25, 0.3) is 0 Å². The van der Waals surface area contributed by atoms with Crippen molar-refractivity contribution in [2.75, 3.05) is 19.7 Å². The molecule has 1 saturated heterocycles. The van der Waals surface area contributed by atoms with E-state index >= 15 is 0 Å². The third-order valence-electron chi connectivity index (χ3n) is 3.28. The Kier molecular flexibility index (Phi) is 4.25. The van der Waals surface area contributed by atoms with Gasteiger partial charge in [-0.25, -0.2) is 4.39 Å². The van der Waals surface area contributed by atoms with E-state index in [1.54, 1.807) is 6.07 Å². The maximum atomic E-state index is 13.2. The molecule has 1 fully saturated rings. The maximum absolute atomic E-state index is 13.2. The molecule has 104 valence electrons. The molecule has 1 heterocycles. The van der Waals surface area contributed by atoms with Crippen molar-refractivity contribution >= 4 is 12.6 Å². The fraction of sp³-hybridized carbons (Fsp3) is 0.538. The number of morpholine rings is 1. The minimum absolute atomic E-state index is 0.212. The predicted octanol–water partition coefficient (Wildman–Crippen LogP) is 0.116. The molecular formula is C13H19BFNO3. The van der Waals surface area contributed by atoms with Crippen LogP contribution in [0, 0.1) is 5.82 Å². The van der Waals surface area contributed by atoms with Crippen LogP contribution in [0.4, 0.5) is 4.39 Å². The molecule has 19 heavy (non-hydrogen) atoms. The van der Waals surface area contributed by atoms with Gasteiger partial charge in [-0.3, -0.25) is 4.90 Å². The lowest BCUT2D eigenvalue weighted by Gasteiger charge is -2.38. The molecule has 0 bridgehead atoms. The van der Waals surface area contributed by atoms with Gasteiger partial charge in [-0.2, -0.15) is 0 Å². The van der Waals surface area contributed by atoms with Crippen molar-refractivity contribution in [2.45, 2.75) is 26.0 Å². The molecule has 1 aliphatic rings. The summed E-state index contributed by atoms with van der Waals surface area (Å²) >= 11 is 0. The number of ether oxygens (including phenoxy) is 1. The number of hydrogen-bond donors (Lipinski definition) is 2. The Morgan fingerprint density at radius 3 is 2.79 bits per heavy atom. The number of hydrogen-bond acceptors (Lipinski definition) is 4. The number of nitrogens with zero attached hydrogens (tertiary/aromatic N) is 1. The summed E-state index contributed by atoms with van der Waals surface area (Å²) in [5, 5.41) is 18.6. The summed E-state index contributed by atoms with van der Waals surface area (Å²) in [4.78, 5) is 2.17. The van der Waals surface area contributed by atoms with Gasteiger partial charge in [0.2, 0.25) is 0 Å². The summed E-state index contributed by atoms with van der Waals surface area (Å²) in [5.41, 5.74) is 0.745. The Morgan fingerprint density at radius 2 is 2.16 bits per heavy atom. The lowest BCUT2D eigenvalue weighted by Crippen LogP contribution is -2.48. The highest BCUT2D eigenvalue weighted by molar-refractivity contribution is 6.59. The topological polar surface area (TPSA) is 52.9 Å². The minimum atomic E-state index is -1.65. The molecule has 0 aromatic heterocycles. The number of rotatable bonds is 3. The van der Waals surface area contributed by atoms with Crippen molar-refractivity contribution in [2.24, 2.45) is 0 Å². The van der Waals surface area contributed by atoms with Gasteiger partial charge < -0.3 is 14.8 Å². The van der Waals surface area contributed by atoms with E-state index in [2.05, 4.69) is 4.90 Å². The Balaban J connectivity index is 2.14. The van der Waals surface area contributed by atoms with Crippen LogP contribution in [0.15, 0.2) is 18.2 Å². The zero-order valence-electron chi connectivity index (χ0n) is 11.3. The first-order valence-electron chi connectivity index (χ1n) is 6.38. The molecule has 1 aromatic carbocycles. The van der Waals surface area contributed by atoms with Crippen molar-refractivity contribution in [3.63, 3.8) is 0 Å². The van der Waals surface area contributed by atoms with Crippen LogP contribution in [0.1, 0.15) is 19.4 Å². The SMILES string of the molecule is CC1(C)CN(Cc2ccc(F)cc2B(O)O)CCO1. The van der Waals surface area contributed by atoms with Crippen molar-refractivity contribution in [3.05, 3.63) is 29.6 Å². The van der Waals surface area contributed by atoms with E-state index in [9.17, 15) is 14.4 Å². The zero-order chi connectivity index (χ0) is 14.0. The molecule has 2 N–H and O–H groups in total. The summed E-state index contributed by atoms with van der Waals surface area (Å²) in [6.45, 7) is 6.77. The van der Waals surface area contributed by atoms with Crippen molar-refractivity contribution < 1.29 is 19.2 Å². The van der Waals surface area contributed by atoms with Crippen molar-refractivity contribution in [3.8, 4) is 0 Å². The summed E-state index contributed by atoms with van der Waals surface area (Å²) in [6, 6.07) is 4.12. The highest BCUT2D eigenvalue weighted by Crippen LogP contribution is 2.18. The fourth-order valence-corrected chi connectivity index (χ4v) is 2.44. The highest BCUT2D eigenvalue weighted by atomic mass is 19.1. The van der Waals surface area contributed by atoms with E-state index < -0.39 is 12.9 Å². The maximum Gasteiger partial charge on any atom is 0.488 e. The lowest BCUT2D eigenvalue weighted by molar-refractivity contribution is -0.0882. The van der Waals surface area contributed by atoms with Gasteiger partial charge in [0.1, 0.15) is 5.82 Å². The average molecular weight is 267 g/mol. The Hall–Kier alpha value is -0.945. The zero-order valence-corrected chi connectivity index (χ0v) is 11.3. The van der Waals surface area contributed by atoms with E-state index in [1.165, 1.54) is 12.1 Å². The molecule has 1 aromatic rings. The number of halogens is 1. The van der Waals surface area contributed by atoms with E-state index in [0.29, 0.717) is 13.2 Å². The Labute approximate surface area is 113 Å². The van der Waals surface area contributed by atoms with Crippen LogP contribution in [-0.4, -0.2) is 47.4 Å². The second-order valence-corrected chi connectivity index (χ2v) is 5.54. The minimum Gasteiger partial charge on any atom is -0.423 e. The van der Waals surface area contributed by atoms with Gasteiger partial charge in [0.05, 0.1) is 12.2 Å². The van der Waals surface area contributed by atoms with Crippen LogP contribution in [0.5, 0.6) is 0 Å². The Morgan fingerprint density at radius 1 is 1.42 bits per heavy atom. The molecule has 0 radical (unpaired) electrons. The van der Waals surface area contributed by atoms with Gasteiger partial charge in [0.15, 0.2) is 0 Å². The van der Waals surface area contributed by atoms with Crippen molar-refractivity contribution in [1.82, 2.24) is 4.90 Å². The number of benzene rings is 1. The van der Waals surface area contributed by atoms with Gasteiger partial charge in [-0.05, 0) is 37.0 Å². The van der Waals surface area contributed by atoms with Crippen LogP contribution < -0.4 is 5.46 Å². The molecular weight excluding hydrogens is 248 g/mol. The van der Waals surface area contributed by atoms with E-state index in [0.717, 1.165) is 18.7 Å². The Bertz CT molecular complexity index is 454. The van der Waals surface area contributed by atoms with Crippen LogP contribution in [0.2, 0.25) is 0 Å². The molecule has 4 nitrogen and oxygen atoms in total. The first kappa shape index (κ1) is 14.5. The lowest BCUT2D eigenvalue weighted by atomic mass is 9.76. The molecule has 0 unspecified atom stereocenters. The largest absolute Gasteiger partial charge is 0.488 e. The van der Waals surface area contributed by atoms with Gasteiger partial charge in [0.25, 0.3) is 0 Å². The summed E-state index contributed by atoms with van der Waals surface area (Å²) in [6.07, 6.45) is 0. The van der Waals surface area contributed by atoms with Crippen LogP contribution >= 0.6 is 0 Å². The summed E-state index contributed by atoms with van der Waals surface area (Å²) in [7, 11) is -1.65. The van der Waals surface area contributed by atoms with Crippen molar-refractivity contribution in [1.29, 1.82) is 0 Å². The van der Waals surface area contributed by atoms with E-state index in [1.807, 2.05) is 13.8 Å². The third-order valence-corrected chi connectivity index (χ3v) is 3.28. The molecule has 2 rings (SSSR count). The normalized spacial score (nSPS) is 19.4. The predicted molar refractivity (Wildman–Crippen MR) is 71.5 cm³/mol. The third kappa shape index (κ3) is 3.76. The molecule has 0 aliphatic carbocycles. The quantitative estimate of drug-likeness (QED) is 0.764. The van der Waals surface area contributed by atoms with Crippen LogP contribution in [-0.2, 0) is 11.3 Å². The highest BCUT2D eigenvalue weighted by Gasteiger charge is 2.28. The monoisotopic (exact) mass is 267 g/mol. The van der Waals surface area contributed by atoms with E-state index in [-0.39, 0.29) is 11.1 Å². The van der Waals surface area contributed by atoms with Gasteiger partial charge in [-0.1, -0.05) is 6.07 Å². The van der Waals surface area contributed by atoms with Gasteiger partial charge >= 0.3 is 7.12 Å². The fourth-order valence-electron chi connectivity index (χ4n) is 2.44. The van der Waals surface area contributed by atoms with Crippen LogP contribution in [0.3, 0.4) is 0 Å². The molecule has 0 saturated carbocycles. The standard InChI is InChI=1S/C13H19BFNO3/c1-13(2)9-16(5-6-19-13)8-10-3-4-11(15)7-12(10)14(17)18/h3-4,7,17-18H,5-6,8-9H2,1-2H3. The summed E-state index contributed by atoms with van der Waals surface area (Å²) < 4.78 is 18.8. The van der Waals surface area contributed by atoms with Gasteiger partial charge in [0, 0.05) is 19.6 Å². The second kappa shape index (κ2) is 5.59. The first-order chi connectivity index (χ1) is 8.87. The second-order valence-electron chi connectivity index (χ2n) is 5.54. The van der Waals surface area contributed by atoms with E-state index in [4.69, 9.17) is 4.74 Å². The molecule has 6 heteroatoms.